The SMILES string of the molecule is CCSc1ccc(C(=O)Nc2sc3c(c2C#N)CCN(C(C)=O)C3)cc1. The van der Waals surface area contributed by atoms with Gasteiger partial charge in [0.1, 0.15) is 11.1 Å². The van der Waals surface area contributed by atoms with Gasteiger partial charge in [0, 0.05) is 28.8 Å². The van der Waals surface area contributed by atoms with Crippen LogP contribution in [0, 0.1) is 11.3 Å². The second-order valence-electron chi connectivity index (χ2n) is 5.92. The van der Waals surface area contributed by atoms with Gasteiger partial charge in [0.15, 0.2) is 0 Å². The predicted octanol–water partition coefficient (Wildman–Crippen LogP) is 3.89. The number of amides is 2. The fourth-order valence-corrected chi connectivity index (χ4v) is 4.79. The Kier molecular flexibility index (Phi) is 5.64. The Balaban J connectivity index is 1.80. The van der Waals surface area contributed by atoms with Crippen molar-refractivity contribution in [2.45, 2.75) is 31.7 Å². The van der Waals surface area contributed by atoms with E-state index >= 15 is 0 Å². The number of carbonyl (C=O) groups excluding carboxylic acids is 2. The Hall–Kier alpha value is -2.30. The molecule has 0 bridgehead atoms. The van der Waals surface area contributed by atoms with Crippen molar-refractivity contribution < 1.29 is 9.59 Å². The van der Waals surface area contributed by atoms with Gasteiger partial charge in [-0.05, 0) is 42.0 Å². The average Bonchev–Trinajstić information content (AvgIpc) is 2.98. The van der Waals surface area contributed by atoms with Crippen molar-refractivity contribution in [3.05, 3.63) is 45.8 Å². The van der Waals surface area contributed by atoms with Crippen molar-refractivity contribution in [3.63, 3.8) is 0 Å². The molecular formula is C19H19N3O2S2. The Morgan fingerprint density at radius 1 is 1.35 bits per heavy atom. The van der Waals surface area contributed by atoms with Crippen LogP contribution in [0.25, 0.3) is 0 Å². The van der Waals surface area contributed by atoms with E-state index in [9.17, 15) is 14.9 Å². The lowest BCUT2D eigenvalue weighted by atomic mass is 10.0. The maximum absolute atomic E-state index is 12.6. The van der Waals surface area contributed by atoms with Crippen LogP contribution in [0.4, 0.5) is 5.00 Å². The van der Waals surface area contributed by atoms with Crippen LogP contribution < -0.4 is 5.32 Å². The van der Waals surface area contributed by atoms with Crippen molar-refractivity contribution >= 4 is 39.9 Å². The number of rotatable bonds is 4. The first kappa shape index (κ1) is 18.5. The maximum Gasteiger partial charge on any atom is 0.256 e. The van der Waals surface area contributed by atoms with E-state index in [0.717, 1.165) is 21.1 Å². The summed E-state index contributed by atoms with van der Waals surface area (Å²) in [5.41, 5.74) is 2.05. The summed E-state index contributed by atoms with van der Waals surface area (Å²) in [6.45, 7) is 4.74. The molecule has 26 heavy (non-hydrogen) atoms. The summed E-state index contributed by atoms with van der Waals surface area (Å²) in [5.74, 6) is 0.782. The molecule has 0 saturated carbocycles. The third kappa shape index (κ3) is 3.76. The summed E-state index contributed by atoms with van der Waals surface area (Å²) >= 11 is 3.11. The molecule has 2 amide bonds. The molecule has 0 aliphatic carbocycles. The van der Waals surface area contributed by atoms with Gasteiger partial charge in [-0.15, -0.1) is 23.1 Å². The van der Waals surface area contributed by atoms with Crippen molar-refractivity contribution in [2.24, 2.45) is 0 Å². The van der Waals surface area contributed by atoms with Crippen LogP contribution >= 0.6 is 23.1 Å². The first-order valence-electron chi connectivity index (χ1n) is 8.37. The zero-order chi connectivity index (χ0) is 18.7. The normalized spacial score (nSPS) is 13.0. The van der Waals surface area contributed by atoms with Crippen molar-refractivity contribution in [1.29, 1.82) is 5.26 Å². The Labute approximate surface area is 161 Å². The summed E-state index contributed by atoms with van der Waals surface area (Å²) in [6, 6.07) is 9.67. The highest BCUT2D eigenvalue weighted by Crippen LogP contribution is 2.37. The van der Waals surface area contributed by atoms with Crippen LogP contribution in [-0.2, 0) is 17.8 Å². The van der Waals surface area contributed by atoms with Gasteiger partial charge in [0.2, 0.25) is 5.91 Å². The Morgan fingerprint density at radius 2 is 2.08 bits per heavy atom. The summed E-state index contributed by atoms with van der Waals surface area (Å²) in [6.07, 6.45) is 0.646. The van der Waals surface area contributed by atoms with Gasteiger partial charge >= 0.3 is 0 Å². The number of thiophene rings is 1. The fraction of sp³-hybridized carbons (Fsp3) is 0.316. The number of thioether (sulfide) groups is 1. The van der Waals surface area contributed by atoms with Gasteiger partial charge in [-0.1, -0.05) is 6.92 Å². The summed E-state index contributed by atoms with van der Waals surface area (Å²) in [4.78, 5) is 28.0. The molecule has 0 unspecified atom stereocenters. The monoisotopic (exact) mass is 385 g/mol. The first-order valence-corrected chi connectivity index (χ1v) is 10.2. The molecule has 5 nitrogen and oxygen atoms in total. The largest absolute Gasteiger partial charge is 0.337 e. The summed E-state index contributed by atoms with van der Waals surface area (Å²) < 4.78 is 0. The number of fused-ring (bicyclic) bond motifs is 1. The maximum atomic E-state index is 12.6. The molecule has 3 rings (SSSR count). The molecular weight excluding hydrogens is 366 g/mol. The summed E-state index contributed by atoms with van der Waals surface area (Å²) in [5, 5.41) is 13.0. The lowest BCUT2D eigenvalue weighted by Crippen LogP contribution is -2.33. The van der Waals surface area contributed by atoms with Crippen LogP contribution in [0.5, 0.6) is 0 Å². The van der Waals surface area contributed by atoms with Crippen LogP contribution in [0.3, 0.4) is 0 Å². The average molecular weight is 386 g/mol. The third-order valence-electron chi connectivity index (χ3n) is 4.27. The summed E-state index contributed by atoms with van der Waals surface area (Å²) in [7, 11) is 0. The smallest absolute Gasteiger partial charge is 0.256 e. The molecule has 1 aromatic carbocycles. The van der Waals surface area contributed by atoms with Crippen LogP contribution in [0.2, 0.25) is 0 Å². The van der Waals surface area contributed by atoms with E-state index < -0.39 is 0 Å². The minimum atomic E-state index is -0.225. The molecule has 1 N–H and O–H groups in total. The zero-order valence-electron chi connectivity index (χ0n) is 14.7. The highest BCUT2D eigenvalue weighted by molar-refractivity contribution is 7.99. The second-order valence-corrected chi connectivity index (χ2v) is 8.36. The molecule has 1 aromatic heterocycles. The number of benzene rings is 1. The van der Waals surface area contributed by atoms with E-state index in [0.29, 0.717) is 35.6 Å². The number of anilines is 1. The molecule has 2 heterocycles. The van der Waals surface area contributed by atoms with Gasteiger partial charge in [-0.2, -0.15) is 5.26 Å². The van der Waals surface area contributed by atoms with Crippen LogP contribution in [-0.4, -0.2) is 29.0 Å². The second kappa shape index (κ2) is 7.94. The van der Waals surface area contributed by atoms with Gasteiger partial charge in [-0.3, -0.25) is 9.59 Å². The number of nitrogens with one attached hydrogen (secondary N) is 1. The number of hydrogen-bond acceptors (Lipinski definition) is 5. The quantitative estimate of drug-likeness (QED) is 0.811. The fourth-order valence-electron chi connectivity index (χ4n) is 2.92. The molecule has 2 aromatic rings. The number of nitrogens with zero attached hydrogens (tertiary/aromatic N) is 2. The third-order valence-corrected chi connectivity index (χ3v) is 6.29. The highest BCUT2D eigenvalue weighted by atomic mass is 32.2. The van der Waals surface area contributed by atoms with Crippen LogP contribution in [0.1, 0.15) is 40.2 Å². The van der Waals surface area contributed by atoms with E-state index in [1.807, 2.05) is 12.1 Å². The lowest BCUT2D eigenvalue weighted by Gasteiger charge is -2.25. The molecule has 7 heteroatoms. The van der Waals surface area contributed by atoms with Gasteiger partial charge < -0.3 is 10.2 Å². The predicted molar refractivity (Wildman–Crippen MR) is 105 cm³/mol. The zero-order valence-corrected chi connectivity index (χ0v) is 16.3. The molecule has 0 fully saturated rings. The molecule has 1 aliphatic heterocycles. The Bertz CT molecular complexity index is 881. The van der Waals surface area contributed by atoms with Crippen molar-refractivity contribution in [1.82, 2.24) is 4.90 Å². The lowest BCUT2D eigenvalue weighted by molar-refractivity contribution is -0.129. The molecule has 1 aliphatic rings. The van der Waals surface area contributed by atoms with E-state index in [1.165, 1.54) is 11.3 Å². The Morgan fingerprint density at radius 3 is 2.69 bits per heavy atom. The number of hydrogen-bond donors (Lipinski definition) is 1. The molecule has 0 atom stereocenters. The topological polar surface area (TPSA) is 73.2 Å². The number of carbonyl (C=O) groups is 2. The van der Waals surface area contributed by atoms with E-state index in [1.54, 1.807) is 35.7 Å². The first-order chi connectivity index (χ1) is 12.5. The van der Waals surface area contributed by atoms with E-state index in [4.69, 9.17) is 0 Å². The van der Waals surface area contributed by atoms with E-state index in [-0.39, 0.29) is 11.8 Å². The minimum absolute atomic E-state index is 0.0261. The molecule has 0 saturated heterocycles. The van der Waals surface area contributed by atoms with Gasteiger partial charge in [0.05, 0.1) is 12.1 Å². The van der Waals surface area contributed by atoms with Gasteiger partial charge in [0.25, 0.3) is 5.91 Å². The van der Waals surface area contributed by atoms with Crippen LogP contribution in [0.15, 0.2) is 29.2 Å². The van der Waals surface area contributed by atoms with Gasteiger partial charge in [-0.25, -0.2) is 0 Å². The number of nitriles is 1. The molecule has 0 spiro atoms. The molecule has 0 radical (unpaired) electrons. The van der Waals surface area contributed by atoms with Crippen molar-refractivity contribution in [3.8, 4) is 6.07 Å². The minimum Gasteiger partial charge on any atom is -0.337 e. The molecule has 134 valence electrons. The standard InChI is InChI=1S/C19H19N3O2S2/c1-3-25-14-6-4-13(5-7-14)18(24)21-19-16(10-20)15-8-9-22(12(2)23)11-17(15)26-19/h4-7H,3,8-9,11H2,1-2H3,(H,21,24). The van der Waals surface area contributed by atoms with E-state index in [2.05, 4.69) is 18.3 Å². The van der Waals surface area contributed by atoms with Crippen molar-refractivity contribution in [2.75, 3.05) is 17.6 Å². The highest BCUT2D eigenvalue weighted by Gasteiger charge is 2.26.